The predicted octanol–water partition coefficient (Wildman–Crippen LogP) is 5.03. The number of hydrogen-bond donors (Lipinski definition) is 2. The monoisotopic (exact) mass is 460 g/mol. The summed E-state index contributed by atoms with van der Waals surface area (Å²) in [5.74, 6) is 0.249. The van der Waals surface area contributed by atoms with Crippen molar-refractivity contribution in [3.8, 4) is 11.5 Å². The van der Waals surface area contributed by atoms with Crippen LogP contribution in [0.25, 0.3) is 0 Å². The van der Waals surface area contributed by atoms with Crippen molar-refractivity contribution in [1.29, 1.82) is 0 Å². The zero-order valence-electron chi connectivity index (χ0n) is 15.1. The summed E-state index contributed by atoms with van der Waals surface area (Å²) >= 11 is 4.67. The summed E-state index contributed by atoms with van der Waals surface area (Å²) in [6.07, 6.45) is 0. The van der Waals surface area contributed by atoms with Crippen LogP contribution in [0.3, 0.4) is 0 Å². The first-order valence-corrected chi connectivity index (χ1v) is 9.82. The lowest BCUT2D eigenvalue weighted by Gasteiger charge is -2.16. The van der Waals surface area contributed by atoms with E-state index in [1.54, 1.807) is 48.5 Å². The number of hydrogen-bond acceptors (Lipinski definition) is 5. The van der Waals surface area contributed by atoms with Gasteiger partial charge < -0.3 is 20.1 Å². The van der Waals surface area contributed by atoms with Gasteiger partial charge in [-0.3, -0.25) is 9.59 Å². The molecule has 6 nitrogen and oxygen atoms in total. The van der Waals surface area contributed by atoms with Gasteiger partial charge in [0.15, 0.2) is 0 Å². The first-order chi connectivity index (χ1) is 13.5. The number of nitrogens with one attached hydrogen (secondary N) is 2. The summed E-state index contributed by atoms with van der Waals surface area (Å²) in [7, 11) is 2.98. The zero-order chi connectivity index (χ0) is 20.1. The summed E-state index contributed by atoms with van der Waals surface area (Å²) in [6, 6.07) is 15.6. The molecule has 2 N–H and O–H groups in total. The third-order valence-corrected chi connectivity index (χ3v) is 5.47. The third-order valence-electron chi connectivity index (χ3n) is 3.85. The van der Waals surface area contributed by atoms with E-state index in [9.17, 15) is 9.59 Å². The molecular weight excluding hydrogens is 444 g/mol. The number of ether oxygens (including phenoxy) is 2. The Bertz CT molecular complexity index is 1000. The third kappa shape index (κ3) is 4.52. The van der Waals surface area contributed by atoms with Crippen LogP contribution in [-0.2, 0) is 0 Å². The van der Waals surface area contributed by atoms with E-state index < -0.39 is 0 Å². The van der Waals surface area contributed by atoms with Gasteiger partial charge in [-0.15, -0.1) is 11.3 Å². The molecule has 0 fully saturated rings. The van der Waals surface area contributed by atoms with Crippen molar-refractivity contribution in [3.05, 3.63) is 68.8 Å². The number of methoxy groups -OCH3 is 2. The van der Waals surface area contributed by atoms with Crippen molar-refractivity contribution in [2.45, 2.75) is 0 Å². The maximum absolute atomic E-state index is 12.5. The van der Waals surface area contributed by atoms with Crippen LogP contribution in [0, 0.1) is 0 Å². The normalized spacial score (nSPS) is 10.2. The molecule has 0 bridgehead atoms. The number of halogens is 1. The molecule has 0 spiro atoms. The van der Waals surface area contributed by atoms with E-state index in [2.05, 4.69) is 26.6 Å². The second kappa shape index (κ2) is 8.90. The number of carbonyl (C=O) groups excluding carboxylic acids is 2. The molecule has 0 unspecified atom stereocenters. The van der Waals surface area contributed by atoms with Crippen molar-refractivity contribution in [1.82, 2.24) is 0 Å². The zero-order valence-corrected chi connectivity index (χ0v) is 17.5. The highest BCUT2D eigenvalue weighted by molar-refractivity contribution is 9.11. The fourth-order valence-electron chi connectivity index (χ4n) is 2.50. The molecule has 0 aliphatic rings. The maximum atomic E-state index is 12.5. The fourth-order valence-corrected chi connectivity index (χ4v) is 3.78. The first kappa shape index (κ1) is 19.9. The molecule has 8 heteroatoms. The van der Waals surface area contributed by atoms with Gasteiger partial charge in [-0.25, -0.2) is 0 Å². The Morgan fingerprint density at radius 3 is 1.93 bits per heavy atom. The van der Waals surface area contributed by atoms with Gasteiger partial charge in [0.25, 0.3) is 11.8 Å². The minimum atomic E-state index is -0.277. The Hall–Kier alpha value is -2.84. The van der Waals surface area contributed by atoms with Crippen molar-refractivity contribution in [3.63, 3.8) is 0 Å². The molecule has 1 aromatic heterocycles. The lowest BCUT2D eigenvalue weighted by atomic mass is 10.2. The van der Waals surface area contributed by atoms with Crippen LogP contribution < -0.4 is 20.1 Å². The summed E-state index contributed by atoms with van der Waals surface area (Å²) in [4.78, 5) is 25.5. The Morgan fingerprint density at radius 2 is 1.43 bits per heavy atom. The van der Waals surface area contributed by atoms with Crippen LogP contribution in [0.15, 0.2) is 58.4 Å². The second-order valence-corrected chi connectivity index (χ2v) is 8.09. The molecule has 28 heavy (non-hydrogen) atoms. The summed E-state index contributed by atoms with van der Waals surface area (Å²) in [5, 5.41) is 5.62. The van der Waals surface area contributed by atoms with Crippen LogP contribution in [0.4, 0.5) is 11.4 Å². The minimum Gasteiger partial charge on any atom is -0.494 e. The lowest BCUT2D eigenvalue weighted by molar-refractivity contribution is 0.101. The quantitative estimate of drug-likeness (QED) is 0.540. The van der Waals surface area contributed by atoms with Crippen LogP contribution in [-0.4, -0.2) is 26.0 Å². The van der Waals surface area contributed by atoms with Crippen LogP contribution in [0.1, 0.15) is 20.0 Å². The van der Waals surface area contributed by atoms with Gasteiger partial charge >= 0.3 is 0 Å². The number of thiophene rings is 1. The van der Waals surface area contributed by atoms with E-state index in [0.29, 0.717) is 33.3 Å². The molecule has 0 aliphatic carbocycles. The van der Waals surface area contributed by atoms with Crippen molar-refractivity contribution in [2.75, 3.05) is 24.9 Å². The van der Waals surface area contributed by atoms with E-state index >= 15 is 0 Å². The van der Waals surface area contributed by atoms with E-state index in [1.807, 2.05) is 6.07 Å². The van der Waals surface area contributed by atoms with Crippen LogP contribution in [0.2, 0.25) is 0 Å². The standard InChI is InChI=1S/C20H17BrN2O4S/c1-26-15-11-14(23-20(25)17-8-9-18(21)28-17)16(27-2)10-13(15)22-19(24)12-6-4-3-5-7-12/h3-11H,1-2H3,(H,22,24)(H,23,25). The van der Waals surface area contributed by atoms with Crippen LogP contribution >= 0.6 is 27.3 Å². The summed E-state index contributed by atoms with van der Waals surface area (Å²) in [5.41, 5.74) is 1.39. The van der Waals surface area contributed by atoms with Gasteiger partial charge in [0, 0.05) is 17.7 Å². The highest BCUT2D eigenvalue weighted by atomic mass is 79.9. The fraction of sp³-hybridized carbons (Fsp3) is 0.100. The topological polar surface area (TPSA) is 76.7 Å². The van der Waals surface area contributed by atoms with Crippen LogP contribution in [0.5, 0.6) is 11.5 Å². The number of rotatable bonds is 6. The van der Waals surface area contributed by atoms with E-state index in [0.717, 1.165) is 3.79 Å². The molecule has 2 aromatic carbocycles. The van der Waals surface area contributed by atoms with Gasteiger partial charge in [-0.05, 0) is 40.2 Å². The minimum absolute atomic E-state index is 0.267. The Balaban J connectivity index is 1.87. The molecule has 3 aromatic rings. The number of amides is 2. The molecule has 2 amide bonds. The van der Waals surface area contributed by atoms with Gasteiger partial charge in [0.1, 0.15) is 11.5 Å². The maximum Gasteiger partial charge on any atom is 0.265 e. The van der Waals surface area contributed by atoms with E-state index in [1.165, 1.54) is 25.6 Å². The lowest BCUT2D eigenvalue weighted by Crippen LogP contribution is -2.14. The van der Waals surface area contributed by atoms with Gasteiger partial charge in [-0.1, -0.05) is 18.2 Å². The second-order valence-electron chi connectivity index (χ2n) is 5.63. The number of benzene rings is 2. The molecule has 0 saturated carbocycles. The average Bonchev–Trinajstić information content (AvgIpc) is 3.15. The summed E-state index contributed by atoms with van der Waals surface area (Å²) in [6.45, 7) is 0. The van der Waals surface area contributed by atoms with Crippen molar-refractivity contribution in [2.24, 2.45) is 0 Å². The van der Waals surface area contributed by atoms with Gasteiger partial charge in [0.2, 0.25) is 0 Å². The van der Waals surface area contributed by atoms with E-state index in [4.69, 9.17) is 9.47 Å². The Labute approximate surface area is 174 Å². The molecule has 3 rings (SSSR count). The molecule has 1 heterocycles. The molecule has 0 saturated heterocycles. The van der Waals surface area contributed by atoms with Crippen molar-refractivity contribution >= 4 is 50.5 Å². The molecular formula is C20H17BrN2O4S. The number of carbonyl (C=O) groups is 2. The average molecular weight is 461 g/mol. The molecule has 144 valence electrons. The van der Waals surface area contributed by atoms with Gasteiger partial charge in [0.05, 0.1) is 34.3 Å². The SMILES string of the molecule is COc1cc(NC(=O)c2ccc(Br)s2)c(OC)cc1NC(=O)c1ccccc1. The Morgan fingerprint density at radius 1 is 0.857 bits per heavy atom. The smallest absolute Gasteiger partial charge is 0.265 e. The van der Waals surface area contributed by atoms with E-state index in [-0.39, 0.29) is 11.8 Å². The molecule has 0 radical (unpaired) electrons. The predicted molar refractivity (Wildman–Crippen MR) is 114 cm³/mol. The highest BCUT2D eigenvalue weighted by Gasteiger charge is 2.17. The van der Waals surface area contributed by atoms with Crippen molar-refractivity contribution < 1.29 is 19.1 Å². The molecule has 0 atom stereocenters. The van der Waals surface area contributed by atoms with Gasteiger partial charge in [-0.2, -0.15) is 0 Å². The number of anilines is 2. The molecule has 0 aliphatic heterocycles. The first-order valence-electron chi connectivity index (χ1n) is 8.21. The Kier molecular flexibility index (Phi) is 6.33. The summed E-state index contributed by atoms with van der Waals surface area (Å²) < 4.78 is 11.6. The largest absolute Gasteiger partial charge is 0.494 e. The highest BCUT2D eigenvalue weighted by Crippen LogP contribution is 2.37.